The van der Waals surface area contributed by atoms with Crippen molar-refractivity contribution in [1.82, 2.24) is 9.78 Å². The van der Waals surface area contributed by atoms with Gasteiger partial charge in [0.2, 0.25) is 0 Å². The minimum Gasteiger partial charge on any atom is -0.369 e. The number of para-hydroxylation sites is 1. The van der Waals surface area contributed by atoms with Gasteiger partial charge < -0.3 is 4.74 Å². The number of benzene rings is 1. The van der Waals surface area contributed by atoms with Crippen molar-refractivity contribution in [3.05, 3.63) is 46.2 Å². The van der Waals surface area contributed by atoms with E-state index in [1.54, 1.807) is 10.9 Å². The molecular formula is C17H20ClN3O2S. The highest BCUT2D eigenvalue weighted by Gasteiger charge is 2.26. The molecule has 1 unspecified atom stereocenters. The van der Waals surface area contributed by atoms with Crippen LogP contribution in [0.1, 0.15) is 37.6 Å². The lowest BCUT2D eigenvalue weighted by atomic mass is 10.1. The number of ether oxygens (including phenoxy) is 1. The van der Waals surface area contributed by atoms with Gasteiger partial charge in [-0.2, -0.15) is 9.50 Å². The summed E-state index contributed by atoms with van der Waals surface area (Å²) >= 11 is 6.36. The molecular weight excluding hydrogens is 346 g/mol. The SMILES string of the molecule is Cc1cccc(Cl)c1-n1ncc2c1COC/C2=N\S(=O)C(C)(C)C. The Hall–Kier alpha value is -1.50. The highest BCUT2D eigenvalue weighted by atomic mass is 35.5. The third-order valence-electron chi connectivity index (χ3n) is 3.77. The number of halogens is 1. The Labute approximate surface area is 149 Å². The van der Waals surface area contributed by atoms with E-state index in [1.165, 1.54) is 0 Å². The van der Waals surface area contributed by atoms with Crippen molar-refractivity contribution < 1.29 is 8.95 Å². The van der Waals surface area contributed by atoms with Crippen LogP contribution in [0, 0.1) is 6.92 Å². The van der Waals surface area contributed by atoms with Gasteiger partial charge in [0, 0.05) is 5.56 Å². The minimum absolute atomic E-state index is 0.335. The summed E-state index contributed by atoms with van der Waals surface area (Å²) in [7, 11) is -1.34. The second-order valence-corrected chi connectivity index (χ2v) is 9.03. The number of rotatable bonds is 2. The molecule has 7 heteroatoms. The molecule has 0 spiro atoms. The molecule has 0 amide bonds. The van der Waals surface area contributed by atoms with E-state index in [0.717, 1.165) is 22.5 Å². The summed E-state index contributed by atoms with van der Waals surface area (Å²) in [6.45, 7) is 8.43. The summed E-state index contributed by atoms with van der Waals surface area (Å²) in [4.78, 5) is 0. The lowest BCUT2D eigenvalue weighted by Crippen LogP contribution is -2.25. The Morgan fingerprint density at radius 3 is 2.75 bits per heavy atom. The first-order chi connectivity index (χ1) is 11.3. The van der Waals surface area contributed by atoms with Gasteiger partial charge in [0.1, 0.15) is 11.0 Å². The number of hydrogen-bond donors (Lipinski definition) is 0. The van der Waals surface area contributed by atoms with Crippen LogP contribution in [0.25, 0.3) is 5.69 Å². The van der Waals surface area contributed by atoms with Crippen molar-refractivity contribution in [3.63, 3.8) is 0 Å². The van der Waals surface area contributed by atoms with E-state index in [0.29, 0.717) is 23.9 Å². The molecule has 1 atom stereocenters. The molecule has 2 heterocycles. The van der Waals surface area contributed by atoms with Crippen LogP contribution in [0.4, 0.5) is 0 Å². The highest BCUT2D eigenvalue weighted by molar-refractivity contribution is 7.85. The van der Waals surface area contributed by atoms with Gasteiger partial charge in [-0.3, -0.25) is 0 Å². The van der Waals surface area contributed by atoms with Crippen LogP contribution < -0.4 is 0 Å². The van der Waals surface area contributed by atoms with Crippen molar-refractivity contribution in [3.8, 4) is 5.69 Å². The minimum atomic E-state index is -1.34. The molecule has 2 aromatic rings. The van der Waals surface area contributed by atoms with E-state index < -0.39 is 15.7 Å². The molecule has 5 nitrogen and oxygen atoms in total. The van der Waals surface area contributed by atoms with E-state index in [-0.39, 0.29) is 0 Å². The van der Waals surface area contributed by atoms with Crippen LogP contribution in [-0.2, 0) is 22.3 Å². The average molecular weight is 366 g/mol. The molecule has 3 rings (SSSR count). The molecule has 0 N–H and O–H groups in total. The largest absolute Gasteiger partial charge is 0.369 e. The van der Waals surface area contributed by atoms with Crippen molar-refractivity contribution >= 4 is 28.3 Å². The maximum Gasteiger partial charge on any atom is 0.145 e. The maximum absolute atomic E-state index is 12.3. The first kappa shape index (κ1) is 17.3. The lowest BCUT2D eigenvalue weighted by molar-refractivity contribution is 0.147. The molecule has 1 aromatic carbocycles. The summed E-state index contributed by atoms with van der Waals surface area (Å²) < 4.78 is 23.8. The average Bonchev–Trinajstić information content (AvgIpc) is 2.91. The van der Waals surface area contributed by atoms with Crippen LogP contribution in [0.3, 0.4) is 0 Å². The topological polar surface area (TPSA) is 56.5 Å². The fourth-order valence-corrected chi connectivity index (χ4v) is 3.40. The summed E-state index contributed by atoms with van der Waals surface area (Å²) in [5, 5.41) is 5.11. The zero-order valence-corrected chi connectivity index (χ0v) is 15.7. The third kappa shape index (κ3) is 3.18. The van der Waals surface area contributed by atoms with Crippen molar-refractivity contribution in [2.45, 2.75) is 39.0 Å². The Kier molecular flexibility index (Phi) is 4.64. The molecule has 1 aromatic heterocycles. The lowest BCUT2D eigenvalue weighted by Gasteiger charge is -2.20. The zero-order chi connectivity index (χ0) is 17.5. The zero-order valence-electron chi connectivity index (χ0n) is 14.2. The summed E-state index contributed by atoms with van der Waals surface area (Å²) in [6.07, 6.45) is 1.75. The van der Waals surface area contributed by atoms with Gasteiger partial charge in [-0.1, -0.05) is 23.7 Å². The Morgan fingerprint density at radius 1 is 1.33 bits per heavy atom. The van der Waals surface area contributed by atoms with Crippen molar-refractivity contribution in [2.75, 3.05) is 6.61 Å². The number of hydrogen-bond acceptors (Lipinski definition) is 3. The number of aromatic nitrogens is 2. The second-order valence-electron chi connectivity index (χ2n) is 6.71. The predicted octanol–water partition coefficient (Wildman–Crippen LogP) is 3.62. The van der Waals surface area contributed by atoms with Crippen molar-refractivity contribution in [2.24, 2.45) is 4.40 Å². The Morgan fingerprint density at radius 2 is 2.08 bits per heavy atom. The Balaban J connectivity index is 2.09. The molecule has 24 heavy (non-hydrogen) atoms. The fraction of sp³-hybridized carbons (Fsp3) is 0.412. The van der Waals surface area contributed by atoms with Gasteiger partial charge in [-0.25, -0.2) is 8.89 Å². The maximum atomic E-state index is 12.3. The van der Waals surface area contributed by atoms with Gasteiger partial charge >= 0.3 is 0 Å². The van der Waals surface area contributed by atoms with E-state index in [4.69, 9.17) is 16.3 Å². The normalized spacial score (nSPS) is 17.8. The van der Waals surface area contributed by atoms with Crippen molar-refractivity contribution in [1.29, 1.82) is 0 Å². The van der Waals surface area contributed by atoms with Gasteiger partial charge in [-0.05, 0) is 39.3 Å². The van der Waals surface area contributed by atoms with Gasteiger partial charge in [-0.15, -0.1) is 0 Å². The van der Waals surface area contributed by atoms with Crippen LogP contribution in [0.15, 0.2) is 28.8 Å². The number of aryl methyl sites for hydroxylation is 1. The smallest absolute Gasteiger partial charge is 0.145 e. The molecule has 0 fully saturated rings. The van der Waals surface area contributed by atoms with Crippen LogP contribution >= 0.6 is 11.6 Å². The first-order valence-corrected chi connectivity index (χ1v) is 9.17. The van der Waals surface area contributed by atoms with E-state index >= 15 is 0 Å². The highest BCUT2D eigenvalue weighted by Crippen LogP contribution is 2.28. The summed E-state index contributed by atoms with van der Waals surface area (Å²) in [6, 6.07) is 5.74. The summed E-state index contributed by atoms with van der Waals surface area (Å²) in [5.41, 5.74) is 4.28. The number of fused-ring (bicyclic) bond motifs is 1. The van der Waals surface area contributed by atoms with Gasteiger partial charge in [0.25, 0.3) is 0 Å². The molecule has 1 aliphatic heterocycles. The fourth-order valence-electron chi connectivity index (χ4n) is 2.47. The predicted molar refractivity (Wildman–Crippen MR) is 97.4 cm³/mol. The van der Waals surface area contributed by atoms with Gasteiger partial charge in [0.05, 0.1) is 46.3 Å². The quantitative estimate of drug-likeness (QED) is 0.816. The van der Waals surface area contributed by atoms with E-state index in [9.17, 15) is 4.21 Å². The third-order valence-corrected chi connectivity index (χ3v) is 5.51. The van der Waals surface area contributed by atoms with E-state index in [1.807, 2.05) is 45.9 Å². The Bertz CT molecular complexity index is 817. The number of nitrogens with zero attached hydrogens (tertiary/aromatic N) is 3. The molecule has 1 aliphatic rings. The molecule has 128 valence electrons. The van der Waals surface area contributed by atoms with Gasteiger partial charge in [0.15, 0.2) is 0 Å². The standard InChI is InChI=1S/C17H20ClN3O2S/c1-11-6-5-7-13(18)16(11)21-15-10-23-9-14(12(15)8-19-21)20-24(22)17(2,3)4/h5-8H,9-10H2,1-4H3/b20-14+. The molecule has 0 aliphatic carbocycles. The van der Waals surface area contributed by atoms with Crippen LogP contribution in [-0.4, -0.2) is 31.1 Å². The van der Waals surface area contributed by atoms with Crippen LogP contribution in [0.5, 0.6) is 0 Å². The summed E-state index contributed by atoms with van der Waals surface area (Å²) in [5.74, 6) is 0. The monoisotopic (exact) mass is 365 g/mol. The molecule has 0 saturated carbocycles. The first-order valence-electron chi connectivity index (χ1n) is 7.69. The molecule has 0 radical (unpaired) electrons. The second kappa shape index (κ2) is 6.43. The molecule has 0 bridgehead atoms. The van der Waals surface area contributed by atoms with Crippen LogP contribution in [0.2, 0.25) is 5.02 Å². The molecule has 0 saturated heterocycles. The van der Waals surface area contributed by atoms with E-state index in [2.05, 4.69) is 9.50 Å².